The quantitative estimate of drug-likeness (QED) is 0.703. The van der Waals surface area contributed by atoms with Crippen molar-refractivity contribution in [3.63, 3.8) is 0 Å². The van der Waals surface area contributed by atoms with Gasteiger partial charge < -0.3 is 19.4 Å². The summed E-state index contributed by atoms with van der Waals surface area (Å²) in [4.78, 5) is 12.8. The molecule has 1 aromatic heterocycles. The highest BCUT2D eigenvalue weighted by Crippen LogP contribution is 2.33. The number of Topliss-reactive ketones (excluding diaryl/α,β-unsaturated/α-hetero) is 1. The van der Waals surface area contributed by atoms with Gasteiger partial charge in [0.05, 0.1) is 20.8 Å². The maximum absolute atomic E-state index is 12.8. The highest BCUT2D eigenvalue weighted by Gasteiger charge is 2.22. The van der Waals surface area contributed by atoms with Gasteiger partial charge in [-0.15, -0.1) is 0 Å². The molecule has 1 fully saturated rings. The van der Waals surface area contributed by atoms with Crippen molar-refractivity contribution in [3.8, 4) is 11.5 Å². The van der Waals surface area contributed by atoms with Gasteiger partial charge in [-0.3, -0.25) is 4.79 Å². The molecular formula is C22H30N2O3. The van der Waals surface area contributed by atoms with Gasteiger partial charge >= 0.3 is 0 Å². The number of ketones is 1. The fourth-order valence-electron chi connectivity index (χ4n) is 4.18. The summed E-state index contributed by atoms with van der Waals surface area (Å²) in [7, 11) is 3.21. The maximum atomic E-state index is 12.8. The first-order valence-electron chi connectivity index (χ1n) is 9.72. The average molecular weight is 370 g/mol. The van der Waals surface area contributed by atoms with E-state index in [1.165, 1.54) is 37.8 Å². The van der Waals surface area contributed by atoms with Crippen LogP contribution in [0.3, 0.4) is 0 Å². The Balaban J connectivity index is 1.71. The predicted molar refractivity (Wildman–Crippen MR) is 108 cm³/mol. The van der Waals surface area contributed by atoms with Crippen molar-refractivity contribution >= 4 is 11.5 Å². The van der Waals surface area contributed by atoms with Crippen molar-refractivity contribution in [2.45, 2.75) is 52.0 Å². The Morgan fingerprint density at radius 3 is 2.44 bits per heavy atom. The zero-order valence-corrected chi connectivity index (χ0v) is 16.8. The van der Waals surface area contributed by atoms with Crippen LogP contribution in [-0.2, 0) is 0 Å². The van der Waals surface area contributed by atoms with E-state index in [1.807, 2.05) is 24.3 Å². The standard InChI is InChI=1S/C22H30N2O3/c1-15-12-19(16(2)24(15)18-8-6-5-7-9-18)20(25)14-23-17-10-11-21(26-3)22(13-17)27-4/h10-13,18,23H,5-9,14H2,1-4H3. The zero-order valence-electron chi connectivity index (χ0n) is 16.8. The van der Waals surface area contributed by atoms with Gasteiger partial charge in [0, 0.05) is 34.7 Å². The van der Waals surface area contributed by atoms with Crippen LogP contribution in [-0.4, -0.2) is 31.1 Å². The lowest BCUT2D eigenvalue weighted by atomic mass is 9.95. The Bertz CT molecular complexity index is 804. The minimum atomic E-state index is 0.111. The fraction of sp³-hybridized carbons (Fsp3) is 0.500. The van der Waals surface area contributed by atoms with Crippen LogP contribution < -0.4 is 14.8 Å². The molecule has 0 saturated heterocycles. The van der Waals surface area contributed by atoms with Crippen LogP contribution in [0.2, 0.25) is 0 Å². The molecule has 2 aromatic rings. The van der Waals surface area contributed by atoms with Gasteiger partial charge in [0.15, 0.2) is 17.3 Å². The topological polar surface area (TPSA) is 52.5 Å². The van der Waals surface area contributed by atoms with Crippen molar-refractivity contribution in [1.82, 2.24) is 4.57 Å². The summed E-state index contributed by atoms with van der Waals surface area (Å²) in [5.41, 5.74) is 3.94. The number of hydrogen-bond acceptors (Lipinski definition) is 4. The fourth-order valence-corrected chi connectivity index (χ4v) is 4.18. The summed E-state index contributed by atoms with van der Waals surface area (Å²) in [5, 5.41) is 3.21. The number of carbonyl (C=O) groups is 1. The van der Waals surface area contributed by atoms with Gasteiger partial charge in [0.1, 0.15) is 0 Å². The third-order valence-electron chi connectivity index (χ3n) is 5.56. The highest BCUT2D eigenvalue weighted by molar-refractivity contribution is 6.00. The third kappa shape index (κ3) is 4.12. The van der Waals surface area contributed by atoms with Gasteiger partial charge in [0.2, 0.25) is 0 Å². The average Bonchev–Trinajstić information content (AvgIpc) is 3.00. The molecule has 0 atom stereocenters. The minimum absolute atomic E-state index is 0.111. The van der Waals surface area contributed by atoms with Crippen LogP contribution in [0.25, 0.3) is 0 Å². The molecule has 5 heteroatoms. The SMILES string of the molecule is COc1ccc(NCC(=O)c2cc(C)n(C3CCCCC3)c2C)cc1OC. The second-order valence-corrected chi connectivity index (χ2v) is 7.29. The molecule has 0 aliphatic heterocycles. The number of nitrogens with one attached hydrogen (secondary N) is 1. The molecule has 1 saturated carbocycles. The summed E-state index contributed by atoms with van der Waals surface area (Å²) < 4.78 is 13.0. The Hall–Kier alpha value is -2.43. The molecule has 0 bridgehead atoms. The van der Waals surface area contributed by atoms with E-state index < -0.39 is 0 Å². The zero-order chi connectivity index (χ0) is 19.4. The van der Waals surface area contributed by atoms with Crippen molar-refractivity contribution in [3.05, 3.63) is 41.2 Å². The third-order valence-corrected chi connectivity index (χ3v) is 5.56. The molecule has 0 radical (unpaired) electrons. The number of methoxy groups -OCH3 is 2. The lowest BCUT2D eigenvalue weighted by molar-refractivity contribution is 0.100. The number of anilines is 1. The van der Waals surface area contributed by atoms with E-state index in [1.54, 1.807) is 14.2 Å². The number of carbonyl (C=O) groups excluding carboxylic acids is 1. The number of aromatic nitrogens is 1. The van der Waals surface area contributed by atoms with Crippen molar-refractivity contribution in [2.75, 3.05) is 26.1 Å². The first-order chi connectivity index (χ1) is 13.0. The van der Waals surface area contributed by atoms with Crippen molar-refractivity contribution in [1.29, 1.82) is 0 Å². The normalized spacial score (nSPS) is 14.8. The monoisotopic (exact) mass is 370 g/mol. The lowest BCUT2D eigenvalue weighted by Crippen LogP contribution is -2.17. The molecule has 1 aromatic carbocycles. The van der Waals surface area contributed by atoms with E-state index in [0.29, 0.717) is 17.5 Å². The second-order valence-electron chi connectivity index (χ2n) is 7.29. The van der Waals surface area contributed by atoms with Crippen LogP contribution in [0, 0.1) is 13.8 Å². The maximum Gasteiger partial charge on any atom is 0.183 e. The predicted octanol–water partition coefficient (Wildman–Crippen LogP) is 4.92. The summed E-state index contributed by atoms with van der Waals surface area (Å²) >= 11 is 0. The Morgan fingerprint density at radius 1 is 1.07 bits per heavy atom. The first-order valence-corrected chi connectivity index (χ1v) is 9.72. The number of hydrogen-bond donors (Lipinski definition) is 1. The molecule has 0 unspecified atom stereocenters. The molecule has 0 spiro atoms. The number of rotatable bonds is 7. The van der Waals surface area contributed by atoms with Crippen LogP contribution >= 0.6 is 0 Å². The van der Waals surface area contributed by atoms with Crippen LogP contribution in [0.1, 0.15) is 59.9 Å². The molecule has 1 aliphatic rings. The second kappa shape index (κ2) is 8.51. The summed E-state index contributed by atoms with van der Waals surface area (Å²) in [6.07, 6.45) is 6.33. The molecule has 1 aliphatic carbocycles. The van der Waals surface area contributed by atoms with E-state index in [9.17, 15) is 4.79 Å². The van der Waals surface area contributed by atoms with Gasteiger partial charge in [0.25, 0.3) is 0 Å². The molecule has 1 N–H and O–H groups in total. The molecule has 0 amide bonds. The van der Waals surface area contributed by atoms with Crippen LogP contribution in [0.4, 0.5) is 5.69 Å². The lowest BCUT2D eigenvalue weighted by Gasteiger charge is -2.26. The first kappa shape index (κ1) is 19.3. The Morgan fingerprint density at radius 2 is 1.78 bits per heavy atom. The molecule has 1 heterocycles. The van der Waals surface area contributed by atoms with E-state index in [2.05, 4.69) is 23.7 Å². The highest BCUT2D eigenvalue weighted by atomic mass is 16.5. The molecule has 3 rings (SSSR count). The van der Waals surface area contributed by atoms with Gasteiger partial charge in [-0.05, 0) is 44.9 Å². The van der Waals surface area contributed by atoms with Crippen LogP contribution in [0.5, 0.6) is 11.5 Å². The smallest absolute Gasteiger partial charge is 0.183 e. The van der Waals surface area contributed by atoms with Gasteiger partial charge in [-0.1, -0.05) is 19.3 Å². The molecule has 27 heavy (non-hydrogen) atoms. The van der Waals surface area contributed by atoms with E-state index in [-0.39, 0.29) is 12.3 Å². The van der Waals surface area contributed by atoms with Crippen molar-refractivity contribution < 1.29 is 14.3 Å². The Labute approximate surface area is 161 Å². The minimum Gasteiger partial charge on any atom is -0.493 e. The van der Waals surface area contributed by atoms with Crippen LogP contribution in [0.15, 0.2) is 24.3 Å². The summed E-state index contributed by atoms with van der Waals surface area (Å²) in [6.45, 7) is 4.44. The van der Waals surface area contributed by atoms with E-state index >= 15 is 0 Å². The van der Waals surface area contributed by atoms with Crippen molar-refractivity contribution in [2.24, 2.45) is 0 Å². The van der Waals surface area contributed by atoms with E-state index in [0.717, 1.165) is 16.9 Å². The number of nitrogens with zero attached hydrogens (tertiary/aromatic N) is 1. The molecule has 146 valence electrons. The van der Waals surface area contributed by atoms with Gasteiger partial charge in [-0.25, -0.2) is 0 Å². The summed E-state index contributed by atoms with van der Waals surface area (Å²) in [6, 6.07) is 8.15. The van der Waals surface area contributed by atoms with Gasteiger partial charge in [-0.2, -0.15) is 0 Å². The molecule has 5 nitrogen and oxygen atoms in total. The number of benzene rings is 1. The largest absolute Gasteiger partial charge is 0.493 e. The molecular weight excluding hydrogens is 340 g/mol. The number of aryl methyl sites for hydroxylation is 1. The number of ether oxygens (including phenoxy) is 2. The summed E-state index contributed by atoms with van der Waals surface area (Å²) in [5.74, 6) is 1.43. The Kier molecular flexibility index (Phi) is 6.09. The van der Waals surface area contributed by atoms with E-state index in [4.69, 9.17) is 9.47 Å².